The van der Waals surface area contributed by atoms with Gasteiger partial charge in [0.25, 0.3) is 0 Å². The molecular formula is C11H7ClF3N3. The second-order valence-corrected chi connectivity index (χ2v) is 3.83. The smallest absolute Gasteiger partial charge is 0.155 e. The Morgan fingerprint density at radius 3 is 2.33 bits per heavy atom. The molecule has 2 aromatic rings. The van der Waals surface area contributed by atoms with Gasteiger partial charge in [0, 0.05) is 12.1 Å². The lowest BCUT2D eigenvalue weighted by Crippen LogP contribution is -2.03. The van der Waals surface area contributed by atoms with E-state index in [4.69, 9.17) is 17.3 Å². The van der Waals surface area contributed by atoms with Crippen LogP contribution in [-0.4, -0.2) is 4.98 Å². The summed E-state index contributed by atoms with van der Waals surface area (Å²) in [5.41, 5.74) is 5.18. The number of halogens is 4. The molecule has 0 atom stereocenters. The van der Waals surface area contributed by atoms with E-state index in [1.54, 1.807) is 0 Å². The fourth-order valence-corrected chi connectivity index (χ4v) is 1.47. The third kappa shape index (κ3) is 2.48. The number of hydrogen-bond donors (Lipinski definition) is 2. The molecule has 1 aromatic carbocycles. The maximum atomic E-state index is 13.4. The molecule has 3 nitrogen and oxygen atoms in total. The van der Waals surface area contributed by atoms with Gasteiger partial charge in [0.15, 0.2) is 17.5 Å². The van der Waals surface area contributed by atoms with Gasteiger partial charge in [-0.1, -0.05) is 11.6 Å². The zero-order valence-electron chi connectivity index (χ0n) is 8.85. The first-order valence-corrected chi connectivity index (χ1v) is 5.19. The van der Waals surface area contributed by atoms with Crippen LogP contribution in [0.5, 0.6) is 0 Å². The number of nitrogen functional groups attached to an aromatic ring is 1. The van der Waals surface area contributed by atoms with Gasteiger partial charge in [0.1, 0.15) is 16.7 Å². The van der Waals surface area contributed by atoms with Crippen LogP contribution in [-0.2, 0) is 0 Å². The Bertz CT molecular complexity index is 581. The Labute approximate surface area is 105 Å². The summed E-state index contributed by atoms with van der Waals surface area (Å²) in [5.74, 6) is -3.20. The van der Waals surface area contributed by atoms with E-state index in [0.717, 1.165) is 0 Å². The first-order valence-electron chi connectivity index (χ1n) is 4.81. The topological polar surface area (TPSA) is 50.9 Å². The highest BCUT2D eigenvalue weighted by Crippen LogP contribution is 2.27. The fourth-order valence-electron chi connectivity index (χ4n) is 1.33. The van der Waals surface area contributed by atoms with Crippen molar-refractivity contribution < 1.29 is 13.2 Å². The number of nitrogens with zero attached hydrogens (tertiary/aromatic N) is 1. The Balaban J connectivity index is 2.43. The number of pyridine rings is 1. The van der Waals surface area contributed by atoms with Gasteiger partial charge in [-0.2, -0.15) is 0 Å². The Morgan fingerprint density at radius 2 is 1.72 bits per heavy atom. The Morgan fingerprint density at radius 1 is 1.11 bits per heavy atom. The zero-order chi connectivity index (χ0) is 13.3. The van der Waals surface area contributed by atoms with Crippen molar-refractivity contribution >= 4 is 28.8 Å². The lowest BCUT2D eigenvalue weighted by atomic mass is 10.2. The molecule has 0 unspecified atom stereocenters. The molecule has 1 heterocycles. The standard InChI is InChI=1S/C11H7ClF3N3/c12-9-2-1-8(16)11(17-9)18-10-6(14)3-5(13)4-7(10)15/h1-4H,16H2,(H,17,18). The fraction of sp³-hybridized carbons (Fsp3) is 0. The summed E-state index contributed by atoms with van der Waals surface area (Å²) in [4.78, 5) is 3.77. The van der Waals surface area contributed by atoms with Crippen LogP contribution in [0.2, 0.25) is 5.15 Å². The van der Waals surface area contributed by atoms with Crippen molar-refractivity contribution in [2.45, 2.75) is 0 Å². The molecule has 0 radical (unpaired) electrons. The molecule has 0 saturated heterocycles. The summed E-state index contributed by atoms with van der Waals surface area (Å²) in [7, 11) is 0. The molecule has 1 aromatic heterocycles. The summed E-state index contributed by atoms with van der Waals surface area (Å²) in [6, 6.07) is 3.95. The summed E-state index contributed by atoms with van der Waals surface area (Å²) in [6.45, 7) is 0. The first kappa shape index (κ1) is 12.5. The average molecular weight is 274 g/mol. The lowest BCUT2D eigenvalue weighted by Gasteiger charge is -2.10. The van der Waals surface area contributed by atoms with Gasteiger partial charge in [-0.15, -0.1) is 0 Å². The molecule has 0 fully saturated rings. The van der Waals surface area contributed by atoms with Crippen molar-refractivity contribution in [3.8, 4) is 0 Å². The van der Waals surface area contributed by atoms with E-state index < -0.39 is 23.1 Å². The highest BCUT2D eigenvalue weighted by molar-refractivity contribution is 6.29. The van der Waals surface area contributed by atoms with Gasteiger partial charge in [-0.05, 0) is 12.1 Å². The van der Waals surface area contributed by atoms with Crippen LogP contribution in [0.15, 0.2) is 24.3 Å². The summed E-state index contributed by atoms with van der Waals surface area (Å²) in [5, 5.41) is 2.45. The molecular weight excluding hydrogens is 267 g/mol. The van der Waals surface area contributed by atoms with Crippen molar-refractivity contribution in [1.82, 2.24) is 4.98 Å². The molecule has 0 bridgehead atoms. The molecule has 0 amide bonds. The molecule has 7 heteroatoms. The van der Waals surface area contributed by atoms with E-state index in [2.05, 4.69) is 10.3 Å². The van der Waals surface area contributed by atoms with Crippen LogP contribution in [0.3, 0.4) is 0 Å². The zero-order valence-corrected chi connectivity index (χ0v) is 9.60. The molecule has 0 saturated carbocycles. The molecule has 0 aliphatic heterocycles. The quantitative estimate of drug-likeness (QED) is 0.824. The molecule has 94 valence electrons. The number of aromatic nitrogens is 1. The van der Waals surface area contributed by atoms with Crippen molar-refractivity contribution in [2.24, 2.45) is 0 Å². The molecule has 3 N–H and O–H groups in total. The van der Waals surface area contributed by atoms with Crippen molar-refractivity contribution in [3.05, 3.63) is 46.9 Å². The highest BCUT2D eigenvalue weighted by atomic mass is 35.5. The van der Waals surface area contributed by atoms with Gasteiger partial charge in [0.05, 0.1) is 5.69 Å². The third-order valence-corrected chi connectivity index (χ3v) is 2.35. The first-order chi connectivity index (χ1) is 8.47. The van der Waals surface area contributed by atoms with Crippen LogP contribution in [0, 0.1) is 17.5 Å². The van der Waals surface area contributed by atoms with Gasteiger partial charge in [-0.25, -0.2) is 18.2 Å². The third-order valence-electron chi connectivity index (χ3n) is 2.14. The van der Waals surface area contributed by atoms with E-state index in [0.29, 0.717) is 12.1 Å². The normalized spacial score (nSPS) is 10.4. The van der Waals surface area contributed by atoms with Gasteiger partial charge < -0.3 is 11.1 Å². The average Bonchev–Trinajstić information content (AvgIpc) is 2.28. The van der Waals surface area contributed by atoms with Gasteiger partial charge in [0.2, 0.25) is 0 Å². The van der Waals surface area contributed by atoms with E-state index in [1.807, 2.05) is 0 Å². The summed E-state index contributed by atoms with van der Waals surface area (Å²) >= 11 is 5.63. The van der Waals surface area contributed by atoms with Gasteiger partial charge >= 0.3 is 0 Å². The molecule has 0 aliphatic carbocycles. The second kappa shape index (κ2) is 4.73. The van der Waals surface area contributed by atoms with E-state index in [-0.39, 0.29) is 16.7 Å². The van der Waals surface area contributed by atoms with E-state index in [9.17, 15) is 13.2 Å². The Hall–Kier alpha value is -1.95. The lowest BCUT2D eigenvalue weighted by molar-refractivity contribution is 0.549. The van der Waals surface area contributed by atoms with Crippen LogP contribution >= 0.6 is 11.6 Å². The Kier molecular flexibility index (Phi) is 3.29. The van der Waals surface area contributed by atoms with Crippen LogP contribution < -0.4 is 11.1 Å². The largest absolute Gasteiger partial charge is 0.396 e. The maximum Gasteiger partial charge on any atom is 0.155 e. The van der Waals surface area contributed by atoms with Crippen LogP contribution in [0.4, 0.5) is 30.4 Å². The predicted octanol–water partition coefficient (Wildman–Crippen LogP) is 3.48. The molecule has 0 aliphatic rings. The minimum Gasteiger partial charge on any atom is -0.396 e. The second-order valence-electron chi connectivity index (χ2n) is 3.44. The highest BCUT2D eigenvalue weighted by Gasteiger charge is 2.13. The minimum atomic E-state index is -1.09. The van der Waals surface area contributed by atoms with Crippen LogP contribution in [0.25, 0.3) is 0 Å². The molecule has 2 rings (SSSR count). The van der Waals surface area contributed by atoms with E-state index in [1.165, 1.54) is 12.1 Å². The van der Waals surface area contributed by atoms with Gasteiger partial charge in [-0.3, -0.25) is 0 Å². The minimum absolute atomic E-state index is 0.00749. The number of nitrogens with two attached hydrogens (primary N) is 1. The summed E-state index contributed by atoms with van der Waals surface area (Å²) < 4.78 is 39.5. The summed E-state index contributed by atoms with van der Waals surface area (Å²) in [6.07, 6.45) is 0. The monoisotopic (exact) mass is 273 g/mol. The number of rotatable bonds is 2. The SMILES string of the molecule is Nc1ccc(Cl)nc1Nc1c(F)cc(F)cc1F. The number of anilines is 3. The predicted molar refractivity (Wildman–Crippen MR) is 63.3 cm³/mol. The molecule has 0 spiro atoms. The van der Waals surface area contributed by atoms with Crippen molar-refractivity contribution in [3.63, 3.8) is 0 Å². The number of benzene rings is 1. The van der Waals surface area contributed by atoms with Crippen LogP contribution in [0.1, 0.15) is 0 Å². The maximum absolute atomic E-state index is 13.4. The van der Waals surface area contributed by atoms with E-state index >= 15 is 0 Å². The van der Waals surface area contributed by atoms with Crippen molar-refractivity contribution in [1.29, 1.82) is 0 Å². The number of nitrogens with one attached hydrogen (secondary N) is 1. The molecule has 18 heavy (non-hydrogen) atoms. The number of hydrogen-bond acceptors (Lipinski definition) is 3. The van der Waals surface area contributed by atoms with Crippen molar-refractivity contribution in [2.75, 3.05) is 11.1 Å².